The number of hydrogen-bond acceptors (Lipinski definition) is 3. The number of carbonyl (C=O) groups is 1. The van der Waals surface area contributed by atoms with Gasteiger partial charge in [-0.05, 0) is 34.5 Å². The van der Waals surface area contributed by atoms with Gasteiger partial charge in [0.05, 0.1) is 0 Å². The van der Waals surface area contributed by atoms with Crippen LogP contribution >= 0.6 is 0 Å². The summed E-state index contributed by atoms with van der Waals surface area (Å²) < 4.78 is 0. The number of nitrogens with zero attached hydrogens (tertiary/aromatic N) is 2. The maximum absolute atomic E-state index is 11.8. The number of likely N-dealkylation sites (N-methyl/N-ethyl adjacent to an activating group) is 1. The lowest BCUT2D eigenvalue weighted by Crippen LogP contribution is -2.48. The van der Waals surface area contributed by atoms with E-state index in [0.717, 1.165) is 13.1 Å². The number of hydrogen-bond donors (Lipinski definition) is 1. The molecule has 1 heterocycles. The molecule has 0 aromatic rings. The summed E-state index contributed by atoms with van der Waals surface area (Å²) in [6.07, 6.45) is 0.608. The largest absolute Gasteiger partial charge is 0.336 e. The Labute approximate surface area is 92.4 Å². The third kappa shape index (κ3) is 2.49. The van der Waals surface area contributed by atoms with Crippen molar-refractivity contribution in [2.75, 3.05) is 33.7 Å². The summed E-state index contributed by atoms with van der Waals surface area (Å²) in [5.74, 6) is 0.546. The molecule has 1 rings (SSSR count). The monoisotopic (exact) mass is 213 g/mol. The van der Waals surface area contributed by atoms with E-state index < -0.39 is 0 Å². The summed E-state index contributed by atoms with van der Waals surface area (Å²) in [6.45, 7) is 6.54. The van der Waals surface area contributed by atoms with Crippen LogP contribution in [-0.2, 0) is 4.79 Å². The van der Waals surface area contributed by atoms with E-state index >= 15 is 0 Å². The molecule has 88 valence electrons. The van der Waals surface area contributed by atoms with E-state index in [1.54, 1.807) is 0 Å². The van der Waals surface area contributed by atoms with Crippen molar-refractivity contribution < 1.29 is 4.79 Å². The molecule has 0 spiro atoms. The SMILES string of the molecule is CN(C)CCN1C(=O)CC(CN)C1(C)C. The lowest BCUT2D eigenvalue weighted by atomic mass is 9.88. The smallest absolute Gasteiger partial charge is 0.223 e. The van der Waals surface area contributed by atoms with Crippen LogP contribution in [0.1, 0.15) is 20.3 Å². The second-order valence-corrected chi connectivity index (χ2v) is 5.14. The maximum Gasteiger partial charge on any atom is 0.223 e. The van der Waals surface area contributed by atoms with E-state index in [1.165, 1.54) is 0 Å². The molecule has 0 aliphatic carbocycles. The number of likely N-dealkylation sites (tertiary alicyclic amines) is 1. The first-order valence-electron chi connectivity index (χ1n) is 5.55. The van der Waals surface area contributed by atoms with Crippen LogP contribution in [0.2, 0.25) is 0 Å². The molecule has 1 aliphatic rings. The first kappa shape index (κ1) is 12.5. The van der Waals surface area contributed by atoms with Crippen LogP contribution in [0.5, 0.6) is 0 Å². The molecule has 1 saturated heterocycles. The first-order chi connectivity index (χ1) is 6.89. The third-order valence-electron chi connectivity index (χ3n) is 3.47. The van der Waals surface area contributed by atoms with Gasteiger partial charge in [-0.25, -0.2) is 0 Å². The summed E-state index contributed by atoms with van der Waals surface area (Å²) >= 11 is 0. The van der Waals surface area contributed by atoms with Gasteiger partial charge < -0.3 is 15.5 Å². The maximum atomic E-state index is 11.8. The minimum Gasteiger partial charge on any atom is -0.336 e. The Morgan fingerprint density at radius 3 is 2.53 bits per heavy atom. The molecule has 1 aliphatic heterocycles. The van der Waals surface area contributed by atoms with Gasteiger partial charge in [0.2, 0.25) is 5.91 Å². The molecule has 1 fully saturated rings. The highest BCUT2D eigenvalue weighted by Crippen LogP contribution is 2.34. The van der Waals surface area contributed by atoms with Crippen molar-refractivity contribution in [2.45, 2.75) is 25.8 Å². The molecule has 1 amide bonds. The molecule has 1 unspecified atom stereocenters. The Bertz CT molecular complexity index is 238. The van der Waals surface area contributed by atoms with Gasteiger partial charge in [0.25, 0.3) is 0 Å². The highest BCUT2D eigenvalue weighted by molar-refractivity contribution is 5.80. The number of nitrogens with two attached hydrogens (primary N) is 1. The van der Waals surface area contributed by atoms with Crippen LogP contribution in [0.3, 0.4) is 0 Å². The Kier molecular flexibility index (Phi) is 3.73. The fraction of sp³-hybridized carbons (Fsp3) is 0.909. The minimum absolute atomic E-state index is 0.0815. The molecule has 1 atom stereocenters. The van der Waals surface area contributed by atoms with Crippen molar-refractivity contribution >= 4 is 5.91 Å². The first-order valence-corrected chi connectivity index (χ1v) is 5.55. The summed E-state index contributed by atoms with van der Waals surface area (Å²) in [7, 11) is 4.04. The molecule has 0 saturated carbocycles. The molecular weight excluding hydrogens is 190 g/mol. The molecule has 0 aromatic heterocycles. The van der Waals surface area contributed by atoms with E-state index in [9.17, 15) is 4.79 Å². The summed E-state index contributed by atoms with van der Waals surface area (Å²) in [5, 5.41) is 0. The Hall–Kier alpha value is -0.610. The molecule has 0 aromatic carbocycles. The lowest BCUT2D eigenvalue weighted by Gasteiger charge is -2.36. The van der Waals surface area contributed by atoms with Gasteiger partial charge in [-0.15, -0.1) is 0 Å². The quantitative estimate of drug-likeness (QED) is 0.722. The van der Waals surface area contributed by atoms with E-state index in [-0.39, 0.29) is 11.4 Å². The third-order valence-corrected chi connectivity index (χ3v) is 3.47. The summed E-state index contributed by atoms with van der Waals surface area (Å²) in [5.41, 5.74) is 5.62. The van der Waals surface area contributed by atoms with Crippen molar-refractivity contribution in [1.82, 2.24) is 9.80 Å². The van der Waals surface area contributed by atoms with Crippen molar-refractivity contribution in [1.29, 1.82) is 0 Å². The zero-order valence-corrected chi connectivity index (χ0v) is 10.3. The number of amides is 1. The van der Waals surface area contributed by atoms with Gasteiger partial charge >= 0.3 is 0 Å². The number of rotatable bonds is 4. The molecule has 0 bridgehead atoms. The van der Waals surface area contributed by atoms with Gasteiger partial charge in [-0.3, -0.25) is 4.79 Å². The summed E-state index contributed by atoms with van der Waals surface area (Å²) in [4.78, 5) is 15.9. The average molecular weight is 213 g/mol. The summed E-state index contributed by atoms with van der Waals surface area (Å²) in [6, 6.07) is 0. The van der Waals surface area contributed by atoms with E-state index in [1.807, 2.05) is 19.0 Å². The van der Waals surface area contributed by atoms with Crippen molar-refractivity contribution in [3.8, 4) is 0 Å². The Morgan fingerprint density at radius 2 is 2.13 bits per heavy atom. The van der Waals surface area contributed by atoms with Crippen LogP contribution in [0.15, 0.2) is 0 Å². The van der Waals surface area contributed by atoms with Crippen molar-refractivity contribution in [3.63, 3.8) is 0 Å². The van der Waals surface area contributed by atoms with E-state index in [4.69, 9.17) is 5.73 Å². The normalized spacial score (nSPS) is 25.3. The zero-order chi connectivity index (χ0) is 11.6. The molecule has 4 heteroatoms. The van der Waals surface area contributed by atoms with Crippen LogP contribution < -0.4 is 5.73 Å². The Morgan fingerprint density at radius 1 is 1.53 bits per heavy atom. The molecule has 15 heavy (non-hydrogen) atoms. The predicted octanol–water partition coefficient (Wildman–Crippen LogP) is 0.134. The fourth-order valence-corrected chi connectivity index (χ4v) is 2.20. The second-order valence-electron chi connectivity index (χ2n) is 5.14. The van der Waals surface area contributed by atoms with E-state index in [0.29, 0.717) is 18.9 Å². The van der Waals surface area contributed by atoms with Crippen LogP contribution in [0, 0.1) is 5.92 Å². The van der Waals surface area contributed by atoms with Gasteiger partial charge in [-0.1, -0.05) is 0 Å². The molecular formula is C11H23N3O. The number of carbonyl (C=O) groups excluding carboxylic acids is 1. The van der Waals surface area contributed by atoms with Gasteiger partial charge in [0.15, 0.2) is 0 Å². The van der Waals surface area contributed by atoms with Gasteiger partial charge in [-0.2, -0.15) is 0 Å². The predicted molar refractivity (Wildman–Crippen MR) is 61.5 cm³/mol. The topological polar surface area (TPSA) is 49.6 Å². The Balaban J connectivity index is 2.66. The zero-order valence-electron chi connectivity index (χ0n) is 10.3. The van der Waals surface area contributed by atoms with Crippen molar-refractivity contribution in [3.05, 3.63) is 0 Å². The van der Waals surface area contributed by atoms with Crippen LogP contribution in [0.4, 0.5) is 0 Å². The highest BCUT2D eigenvalue weighted by atomic mass is 16.2. The van der Waals surface area contributed by atoms with Crippen LogP contribution in [-0.4, -0.2) is 55.0 Å². The molecule has 2 N–H and O–H groups in total. The lowest BCUT2D eigenvalue weighted by molar-refractivity contribution is -0.130. The minimum atomic E-state index is -0.0815. The van der Waals surface area contributed by atoms with E-state index in [2.05, 4.69) is 18.7 Å². The second kappa shape index (κ2) is 4.49. The standard InChI is InChI=1S/C11H23N3O/c1-11(2)9(8-12)7-10(15)14(11)6-5-13(3)4/h9H,5-8,12H2,1-4H3. The van der Waals surface area contributed by atoms with Crippen molar-refractivity contribution in [2.24, 2.45) is 11.7 Å². The average Bonchev–Trinajstić information content (AvgIpc) is 2.33. The fourth-order valence-electron chi connectivity index (χ4n) is 2.20. The highest BCUT2D eigenvalue weighted by Gasteiger charge is 2.44. The molecule has 4 nitrogen and oxygen atoms in total. The van der Waals surface area contributed by atoms with Gasteiger partial charge in [0, 0.05) is 31.0 Å². The molecule has 0 radical (unpaired) electrons. The van der Waals surface area contributed by atoms with Gasteiger partial charge in [0.1, 0.15) is 0 Å². The van der Waals surface area contributed by atoms with Crippen LogP contribution in [0.25, 0.3) is 0 Å².